The van der Waals surface area contributed by atoms with Gasteiger partial charge in [0, 0.05) is 26.2 Å². The average Bonchev–Trinajstić information content (AvgIpc) is 3.41. The van der Waals surface area contributed by atoms with E-state index in [2.05, 4.69) is 4.98 Å². The number of nitrogens with zero attached hydrogens (tertiary/aromatic N) is 3. The van der Waals surface area contributed by atoms with Crippen LogP contribution >= 0.6 is 0 Å². The van der Waals surface area contributed by atoms with Crippen molar-refractivity contribution in [3.63, 3.8) is 0 Å². The Morgan fingerprint density at radius 1 is 1.10 bits per heavy atom. The van der Waals surface area contributed by atoms with Crippen molar-refractivity contribution in [3.8, 4) is 5.75 Å². The predicted molar refractivity (Wildman–Crippen MR) is 139 cm³/mol. The molecule has 3 aromatic rings. The summed E-state index contributed by atoms with van der Waals surface area (Å²) in [5.41, 5.74) is 0.740. The second-order valence-corrected chi connectivity index (χ2v) is 9.66. The molecule has 1 aromatic heterocycles. The van der Waals surface area contributed by atoms with Crippen LogP contribution in [0, 0.1) is 5.92 Å². The number of benzene rings is 2. The van der Waals surface area contributed by atoms with E-state index in [-0.39, 0.29) is 55.6 Å². The topological polar surface area (TPSA) is 85.1 Å². The molecule has 2 aromatic carbocycles. The number of carbonyl (C=O) groups is 2. The molecule has 0 N–H and O–H groups in total. The van der Waals surface area contributed by atoms with E-state index in [9.17, 15) is 22.8 Å². The van der Waals surface area contributed by atoms with Gasteiger partial charge in [-0.25, -0.2) is 4.98 Å². The van der Waals surface area contributed by atoms with Gasteiger partial charge in [-0.3, -0.25) is 14.5 Å². The van der Waals surface area contributed by atoms with E-state index in [0.717, 1.165) is 17.7 Å². The van der Waals surface area contributed by atoms with Crippen molar-refractivity contribution in [3.05, 3.63) is 83.1 Å². The Morgan fingerprint density at radius 2 is 1.82 bits per heavy atom. The summed E-state index contributed by atoms with van der Waals surface area (Å²) < 4.78 is 56.0. The Balaban J connectivity index is 1.50. The normalized spacial score (nSPS) is 15.8. The van der Waals surface area contributed by atoms with Crippen LogP contribution in [-0.2, 0) is 35.3 Å². The fourth-order valence-corrected chi connectivity index (χ4v) is 4.75. The van der Waals surface area contributed by atoms with E-state index in [1.165, 1.54) is 12.3 Å². The third kappa shape index (κ3) is 7.62. The van der Waals surface area contributed by atoms with E-state index in [0.29, 0.717) is 37.2 Å². The summed E-state index contributed by atoms with van der Waals surface area (Å²) in [7, 11) is 1.56. The minimum atomic E-state index is -4.45. The van der Waals surface area contributed by atoms with Gasteiger partial charge >= 0.3 is 12.1 Å². The number of methoxy groups -OCH3 is 1. The van der Waals surface area contributed by atoms with Gasteiger partial charge in [0.05, 0.1) is 31.7 Å². The lowest BCUT2D eigenvalue weighted by molar-refractivity contribution is -0.149. The van der Waals surface area contributed by atoms with Crippen LogP contribution in [0.1, 0.15) is 52.8 Å². The van der Waals surface area contributed by atoms with Gasteiger partial charge in [-0.05, 0) is 49.1 Å². The molecule has 11 heteroatoms. The first-order valence-electron chi connectivity index (χ1n) is 13.1. The highest BCUT2D eigenvalue weighted by molar-refractivity contribution is 5.92. The van der Waals surface area contributed by atoms with Crippen molar-refractivity contribution < 1.29 is 36.7 Å². The molecular weight excluding hydrogens is 527 g/mol. The quantitative estimate of drug-likeness (QED) is 0.311. The summed E-state index contributed by atoms with van der Waals surface area (Å²) in [6.45, 7) is 3.46. The number of likely N-dealkylation sites (tertiary alicyclic amines) is 1. The molecule has 0 saturated carbocycles. The van der Waals surface area contributed by atoms with Gasteiger partial charge in [0.2, 0.25) is 5.89 Å². The molecule has 214 valence electrons. The maximum absolute atomic E-state index is 13.3. The van der Waals surface area contributed by atoms with E-state index in [4.69, 9.17) is 13.9 Å². The average molecular weight is 560 g/mol. The number of piperidine rings is 1. The van der Waals surface area contributed by atoms with Crippen LogP contribution < -0.4 is 4.74 Å². The summed E-state index contributed by atoms with van der Waals surface area (Å²) in [4.78, 5) is 33.1. The van der Waals surface area contributed by atoms with Crippen molar-refractivity contribution in [1.82, 2.24) is 14.8 Å². The lowest BCUT2D eigenvalue weighted by Crippen LogP contribution is -2.43. The highest BCUT2D eigenvalue weighted by Gasteiger charge is 2.32. The molecule has 0 spiro atoms. The smallest absolute Gasteiger partial charge is 0.416 e. The fourth-order valence-electron chi connectivity index (χ4n) is 4.75. The van der Waals surface area contributed by atoms with E-state index < -0.39 is 11.7 Å². The maximum Gasteiger partial charge on any atom is 0.416 e. The first-order valence-corrected chi connectivity index (χ1v) is 13.1. The summed E-state index contributed by atoms with van der Waals surface area (Å²) in [5.74, 6) is -0.139. The molecule has 2 heterocycles. The summed E-state index contributed by atoms with van der Waals surface area (Å²) >= 11 is 0. The van der Waals surface area contributed by atoms with Gasteiger partial charge in [0.15, 0.2) is 5.69 Å². The third-order valence-electron chi connectivity index (χ3n) is 6.66. The van der Waals surface area contributed by atoms with Crippen LogP contribution in [0.4, 0.5) is 13.2 Å². The molecule has 1 aliphatic rings. The maximum atomic E-state index is 13.3. The number of hydrogen-bond acceptors (Lipinski definition) is 7. The summed E-state index contributed by atoms with van der Waals surface area (Å²) in [6.07, 6.45) is -1.85. The van der Waals surface area contributed by atoms with Gasteiger partial charge in [0.1, 0.15) is 12.0 Å². The van der Waals surface area contributed by atoms with Crippen LogP contribution in [0.3, 0.4) is 0 Å². The molecule has 1 atom stereocenters. The van der Waals surface area contributed by atoms with E-state index in [1.54, 1.807) is 31.1 Å². The number of ether oxygens (including phenoxy) is 2. The van der Waals surface area contributed by atoms with E-state index in [1.807, 2.05) is 23.1 Å². The Kier molecular flexibility index (Phi) is 9.46. The highest BCUT2D eigenvalue weighted by Crippen LogP contribution is 2.30. The fraction of sp³-hybridized carbons (Fsp3) is 0.414. The first-order chi connectivity index (χ1) is 19.2. The van der Waals surface area contributed by atoms with Crippen molar-refractivity contribution in [1.29, 1.82) is 0 Å². The SMILES string of the molecule is CCOC(=O)C1CCCN(C(=O)c2coc(CN(Cc3cccc(OC)c3)Cc3cccc(C(F)(F)F)c3)n2)C1. The minimum Gasteiger partial charge on any atom is -0.497 e. The van der Waals surface area contributed by atoms with Crippen molar-refractivity contribution >= 4 is 11.9 Å². The molecular formula is C29H32F3N3O5. The van der Waals surface area contributed by atoms with Gasteiger partial charge in [-0.2, -0.15) is 13.2 Å². The Labute approximate surface area is 230 Å². The molecule has 0 radical (unpaired) electrons. The summed E-state index contributed by atoms with van der Waals surface area (Å²) in [6, 6.07) is 12.6. The zero-order valence-corrected chi connectivity index (χ0v) is 22.4. The number of alkyl halides is 3. The van der Waals surface area contributed by atoms with Gasteiger partial charge < -0.3 is 18.8 Å². The largest absolute Gasteiger partial charge is 0.497 e. The van der Waals surface area contributed by atoms with Gasteiger partial charge in [-0.1, -0.05) is 30.3 Å². The van der Waals surface area contributed by atoms with Gasteiger partial charge in [-0.15, -0.1) is 0 Å². The van der Waals surface area contributed by atoms with Crippen LogP contribution in [0.15, 0.2) is 59.2 Å². The second-order valence-electron chi connectivity index (χ2n) is 9.66. The van der Waals surface area contributed by atoms with Crippen molar-refractivity contribution in [2.45, 2.75) is 45.6 Å². The Hall–Kier alpha value is -3.86. The molecule has 40 heavy (non-hydrogen) atoms. The molecule has 0 bridgehead atoms. The predicted octanol–water partition coefficient (Wildman–Crippen LogP) is 5.32. The van der Waals surface area contributed by atoms with Crippen LogP contribution in [-0.4, -0.2) is 53.5 Å². The molecule has 4 rings (SSSR count). The van der Waals surface area contributed by atoms with Crippen LogP contribution in [0.5, 0.6) is 5.75 Å². The number of amides is 1. The number of aromatic nitrogens is 1. The number of esters is 1. The number of halogens is 3. The number of carbonyl (C=O) groups excluding carboxylic acids is 2. The molecule has 8 nitrogen and oxygen atoms in total. The molecule has 1 unspecified atom stereocenters. The third-order valence-corrected chi connectivity index (χ3v) is 6.66. The van der Waals surface area contributed by atoms with Crippen molar-refractivity contribution in [2.75, 3.05) is 26.8 Å². The van der Waals surface area contributed by atoms with Crippen LogP contribution in [0.25, 0.3) is 0 Å². The Morgan fingerprint density at radius 3 is 2.52 bits per heavy atom. The van der Waals surface area contributed by atoms with E-state index >= 15 is 0 Å². The monoisotopic (exact) mass is 559 g/mol. The van der Waals surface area contributed by atoms with Crippen molar-refractivity contribution in [2.24, 2.45) is 5.92 Å². The molecule has 0 aliphatic carbocycles. The summed E-state index contributed by atoms with van der Waals surface area (Å²) in [5, 5.41) is 0. The Bertz CT molecular complexity index is 1310. The standard InChI is InChI=1S/C29H32F3N3O5/c1-3-39-28(37)22-9-6-12-35(17-22)27(36)25-19-40-26(33-25)18-34(16-21-8-5-11-24(14-21)38-2)15-20-7-4-10-23(13-20)29(30,31)32/h4-5,7-8,10-11,13-14,19,22H,3,6,9,12,15-18H2,1-2H3. The zero-order valence-electron chi connectivity index (χ0n) is 22.4. The molecule has 1 aliphatic heterocycles. The lowest BCUT2D eigenvalue weighted by atomic mass is 9.98. The lowest BCUT2D eigenvalue weighted by Gasteiger charge is -2.30. The van der Waals surface area contributed by atoms with Crippen LogP contribution in [0.2, 0.25) is 0 Å². The molecule has 1 amide bonds. The second kappa shape index (κ2) is 13.0. The molecule has 1 saturated heterocycles. The number of oxazole rings is 1. The number of hydrogen-bond donors (Lipinski definition) is 0. The zero-order chi connectivity index (χ0) is 28.7. The minimum absolute atomic E-state index is 0.111. The van der Waals surface area contributed by atoms with Gasteiger partial charge in [0.25, 0.3) is 5.91 Å². The molecule has 1 fully saturated rings. The number of rotatable bonds is 10. The first kappa shape index (κ1) is 29.1. The highest BCUT2D eigenvalue weighted by atomic mass is 19.4.